The fourth-order valence-corrected chi connectivity index (χ4v) is 3.55. The standard InChI is InChI=1S/C17H22N2O6S/c1-4-26(23,24)6-5-13(17(21)22)18-15(20)9-14-12-8-10(2)7-11(3)16(12)25-19-14/h7-8,13H,4-6,9H2,1-3H3,(H,18,20)(H,21,22). The van der Waals surface area contributed by atoms with E-state index in [2.05, 4.69) is 10.5 Å². The number of hydrogen-bond acceptors (Lipinski definition) is 6. The number of rotatable bonds is 8. The summed E-state index contributed by atoms with van der Waals surface area (Å²) in [6, 6.07) is 2.51. The van der Waals surface area contributed by atoms with Gasteiger partial charge in [-0.05, 0) is 37.5 Å². The van der Waals surface area contributed by atoms with Crippen LogP contribution in [0.3, 0.4) is 0 Å². The minimum absolute atomic E-state index is 0.0725. The molecule has 0 radical (unpaired) electrons. The van der Waals surface area contributed by atoms with E-state index < -0.39 is 27.8 Å². The SMILES string of the molecule is CCS(=O)(=O)CCC(NC(=O)Cc1noc2c(C)cc(C)cc12)C(=O)O. The van der Waals surface area contributed by atoms with Gasteiger partial charge in [-0.15, -0.1) is 0 Å². The molecule has 1 unspecified atom stereocenters. The maximum atomic E-state index is 12.2. The topological polar surface area (TPSA) is 127 Å². The lowest BCUT2D eigenvalue weighted by Crippen LogP contribution is -2.42. The van der Waals surface area contributed by atoms with Crippen LogP contribution < -0.4 is 5.32 Å². The third-order valence-corrected chi connectivity index (χ3v) is 5.83. The van der Waals surface area contributed by atoms with Gasteiger partial charge in [0.05, 0.1) is 12.2 Å². The highest BCUT2D eigenvalue weighted by Gasteiger charge is 2.23. The highest BCUT2D eigenvalue weighted by atomic mass is 32.2. The number of carbonyl (C=O) groups excluding carboxylic acids is 1. The van der Waals surface area contributed by atoms with Crippen molar-refractivity contribution >= 4 is 32.7 Å². The van der Waals surface area contributed by atoms with Crippen LogP contribution in [-0.4, -0.2) is 48.1 Å². The summed E-state index contributed by atoms with van der Waals surface area (Å²) in [5, 5.41) is 16.2. The molecule has 8 nitrogen and oxygen atoms in total. The normalized spacial score (nSPS) is 12.9. The first kappa shape index (κ1) is 19.9. The van der Waals surface area contributed by atoms with Gasteiger partial charge >= 0.3 is 5.97 Å². The number of amides is 1. The van der Waals surface area contributed by atoms with Gasteiger partial charge in [0.1, 0.15) is 21.6 Å². The van der Waals surface area contributed by atoms with Crippen LogP contribution in [0.1, 0.15) is 30.2 Å². The Morgan fingerprint density at radius 2 is 2.00 bits per heavy atom. The molecule has 0 aliphatic carbocycles. The van der Waals surface area contributed by atoms with E-state index >= 15 is 0 Å². The molecule has 0 saturated carbocycles. The predicted molar refractivity (Wildman–Crippen MR) is 95.7 cm³/mol. The van der Waals surface area contributed by atoms with Gasteiger partial charge < -0.3 is 14.9 Å². The molecule has 0 spiro atoms. The first-order valence-electron chi connectivity index (χ1n) is 8.21. The Morgan fingerprint density at radius 1 is 1.31 bits per heavy atom. The summed E-state index contributed by atoms with van der Waals surface area (Å²) in [7, 11) is -3.31. The summed E-state index contributed by atoms with van der Waals surface area (Å²) in [5.74, 6) is -2.20. The van der Waals surface area contributed by atoms with Crippen molar-refractivity contribution in [3.8, 4) is 0 Å². The first-order chi connectivity index (χ1) is 12.1. The quantitative estimate of drug-likeness (QED) is 0.706. The van der Waals surface area contributed by atoms with Crippen molar-refractivity contribution in [1.82, 2.24) is 10.5 Å². The van der Waals surface area contributed by atoms with E-state index in [0.29, 0.717) is 16.7 Å². The molecular weight excluding hydrogens is 360 g/mol. The number of aryl methyl sites for hydroxylation is 2. The number of sulfone groups is 1. The van der Waals surface area contributed by atoms with E-state index in [1.165, 1.54) is 6.92 Å². The molecule has 1 aromatic heterocycles. The van der Waals surface area contributed by atoms with E-state index in [1.54, 1.807) is 0 Å². The molecule has 0 fully saturated rings. The molecule has 0 bridgehead atoms. The van der Waals surface area contributed by atoms with Crippen LogP contribution in [-0.2, 0) is 25.8 Å². The second-order valence-electron chi connectivity index (χ2n) is 6.25. The zero-order chi connectivity index (χ0) is 19.5. The molecule has 2 rings (SSSR count). The van der Waals surface area contributed by atoms with Gasteiger partial charge in [0.25, 0.3) is 0 Å². The number of fused-ring (bicyclic) bond motifs is 1. The number of carboxylic acid groups (broad SMARTS) is 1. The van der Waals surface area contributed by atoms with Crippen molar-refractivity contribution in [2.24, 2.45) is 0 Å². The van der Waals surface area contributed by atoms with Crippen LogP contribution in [0.25, 0.3) is 11.0 Å². The second kappa shape index (κ2) is 7.86. The summed E-state index contributed by atoms with van der Waals surface area (Å²) >= 11 is 0. The van der Waals surface area contributed by atoms with Crippen LogP contribution in [0.5, 0.6) is 0 Å². The van der Waals surface area contributed by atoms with Gasteiger partial charge in [-0.3, -0.25) is 4.79 Å². The number of carboxylic acids is 1. The zero-order valence-electron chi connectivity index (χ0n) is 14.9. The van der Waals surface area contributed by atoms with Crippen LogP contribution in [0.15, 0.2) is 16.7 Å². The first-order valence-corrected chi connectivity index (χ1v) is 10.0. The van der Waals surface area contributed by atoms with Gasteiger partial charge in [0.2, 0.25) is 5.91 Å². The largest absolute Gasteiger partial charge is 0.480 e. The summed E-state index contributed by atoms with van der Waals surface area (Å²) in [5.41, 5.74) is 2.89. The average Bonchev–Trinajstić information content (AvgIpc) is 2.94. The zero-order valence-corrected chi connectivity index (χ0v) is 15.7. The number of aromatic nitrogens is 1. The molecule has 1 heterocycles. The van der Waals surface area contributed by atoms with Crippen molar-refractivity contribution in [2.45, 2.75) is 39.7 Å². The third-order valence-electron chi connectivity index (χ3n) is 4.10. The monoisotopic (exact) mass is 382 g/mol. The van der Waals surface area contributed by atoms with E-state index in [4.69, 9.17) is 4.52 Å². The Bertz CT molecular complexity index is 932. The maximum absolute atomic E-state index is 12.2. The number of benzene rings is 1. The Kier molecular flexibility index (Phi) is 6.01. The molecule has 0 aliphatic rings. The fourth-order valence-electron chi connectivity index (χ4n) is 2.66. The van der Waals surface area contributed by atoms with Gasteiger partial charge in [0.15, 0.2) is 5.58 Å². The number of hydrogen-bond donors (Lipinski definition) is 2. The number of carbonyl (C=O) groups is 2. The van der Waals surface area contributed by atoms with Crippen LogP contribution >= 0.6 is 0 Å². The Balaban J connectivity index is 2.10. The molecule has 2 N–H and O–H groups in total. The predicted octanol–water partition coefficient (Wildman–Crippen LogP) is 1.38. The summed E-state index contributed by atoms with van der Waals surface area (Å²) in [4.78, 5) is 23.5. The molecule has 1 aromatic carbocycles. The lowest BCUT2D eigenvalue weighted by molar-refractivity contribution is -0.141. The Hall–Kier alpha value is -2.42. The highest BCUT2D eigenvalue weighted by molar-refractivity contribution is 7.91. The van der Waals surface area contributed by atoms with E-state index in [1.807, 2.05) is 26.0 Å². The van der Waals surface area contributed by atoms with Gasteiger partial charge in [-0.2, -0.15) is 0 Å². The smallest absolute Gasteiger partial charge is 0.326 e. The minimum Gasteiger partial charge on any atom is -0.480 e. The Morgan fingerprint density at radius 3 is 2.62 bits per heavy atom. The highest BCUT2D eigenvalue weighted by Crippen LogP contribution is 2.24. The molecule has 1 amide bonds. The molecule has 26 heavy (non-hydrogen) atoms. The molecule has 142 valence electrons. The molecular formula is C17H22N2O6S. The van der Waals surface area contributed by atoms with Crippen LogP contribution in [0.4, 0.5) is 0 Å². The number of aliphatic carboxylic acids is 1. The van der Waals surface area contributed by atoms with E-state index in [0.717, 1.165) is 11.1 Å². The Labute approximate surface area is 151 Å². The molecule has 1 atom stereocenters. The lowest BCUT2D eigenvalue weighted by atomic mass is 10.1. The average molecular weight is 382 g/mol. The van der Waals surface area contributed by atoms with Crippen molar-refractivity contribution in [3.05, 3.63) is 29.0 Å². The number of nitrogens with one attached hydrogen (secondary N) is 1. The molecule has 9 heteroatoms. The second-order valence-corrected chi connectivity index (χ2v) is 8.72. The summed E-state index contributed by atoms with van der Waals surface area (Å²) in [6.45, 7) is 5.28. The lowest BCUT2D eigenvalue weighted by Gasteiger charge is -2.14. The minimum atomic E-state index is -3.31. The van der Waals surface area contributed by atoms with Gasteiger partial charge in [-0.25, -0.2) is 13.2 Å². The fraction of sp³-hybridized carbons (Fsp3) is 0.471. The molecule has 2 aromatic rings. The van der Waals surface area contributed by atoms with Gasteiger partial charge in [-0.1, -0.05) is 18.1 Å². The molecule has 0 saturated heterocycles. The maximum Gasteiger partial charge on any atom is 0.326 e. The van der Waals surface area contributed by atoms with Gasteiger partial charge in [0, 0.05) is 11.1 Å². The van der Waals surface area contributed by atoms with Crippen molar-refractivity contribution in [2.75, 3.05) is 11.5 Å². The summed E-state index contributed by atoms with van der Waals surface area (Å²) < 4.78 is 28.4. The number of nitrogens with zero attached hydrogens (tertiary/aromatic N) is 1. The van der Waals surface area contributed by atoms with E-state index in [9.17, 15) is 23.1 Å². The van der Waals surface area contributed by atoms with Crippen LogP contribution in [0.2, 0.25) is 0 Å². The molecule has 0 aliphatic heterocycles. The van der Waals surface area contributed by atoms with Crippen molar-refractivity contribution in [1.29, 1.82) is 0 Å². The summed E-state index contributed by atoms with van der Waals surface area (Å²) in [6.07, 6.45) is -0.338. The van der Waals surface area contributed by atoms with Crippen molar-refractivity contribution in [3.63, 3.8) is 0 Å². The van der Waals surface area contributed by atoms with E-state index in [-0.39, 0.29) is 24.3 Å². The van der Waals surface area contributed by atoms with Crippen LogP contribution in [0, 0.1) is 13.8 Å². The third kappa shape index (κ3) is 4.81. The van der Waals surface area contributed by atoms with Crippen molar-refractivity contribution < 1.29 is 27.6 Å².